The number of alkyl halides is 3. The van der Waals surface area contributed by atoms with Gasteiger partial charge in [-0.05, 0) is 12.1 Å². The normalized spacial score (nSPS) is 11.2. The van der Waals surface area contributed by atoms with E-state index in [4.69, 9.17) is 5.11 Å². The van der Waals surface area contributed by atoms with Gasteiger partial charge in [0.05, 0.1) is 4.92 Å². The smallest absolute Gasteiger partial charge is 0.454 e. The van der Waals surface area contributed by atoms with Crippen molar-refractivity contribution in [2.45, 2.75) is 6.18 Å². The monoisotopic (exact) mass is 235 g/mol. The van der Waals surface area contributed by atoms with Crippen LogP contribution in [0.3, 0.4) is 0 Å². The molecule has 0 aliphatic rings. The Morgan fingerprint density at radius 1 is 1.38 bits per heavy atom. The van der Waals surface area contributed by atoms with E-state index >= 15 is 0 Å². The van der Waals surface area contributed by atoms with Crippen LogP contribution in [0.15, 0.2) is 18.2 Å². The lowest BCUT2D eigenvalue weighted by Gasteiger charge is -2.05. The van der Waals surface area contributed by atoms with Crippen LogP contribution in [0.2, 0.25) is 0 Å². The molecule has 0 unspecified atom stereocenters. The first-order valence-electron chi connectivity index (χ1n) is 3.82. The Morgan fingerprint density at radius 3 is 2.31 bits per heavy atom. The maximum atomic E-state index is 12.0. The number of benzene rings is 1. The van der Waals surface area contributed by atoms with Crippen molar-refractivity contribution in [1.29, 1.82) is 0 Å². The van der Waals surface area contributed by atoms with Gasteiger partial charge in [0, 0.05) is 11.6 Å². The summed E-state index contributed by atoms with van der Waals surface area (Å²) < 4.78 is 35.9. The topological polar surface area (TPSA) is 80.4 Å². The van der Waals surface area contributed by atoms with Crippen LogP contribution in [0, 0.1) is 10.1 Å². The summed E-state index contributed by atoms with van der Waals surface area (Å²) in [6.07, 6.45) is -5.08. The van der Waals surface area contributed by atoms with Crippen LogP contribution in [-0.4, -0.2) is 22.0 Å². The molecule has 1 N–H and O–H groups in total. The van der Waals surface area contributed by atoms with Crippen LogP contribution >= 0.6 is 0 Å². The molecule has 0 aromatic heterocycles. The van der Waals surface area contributed by atoms with Crippen LogP contribution in [0.1, 0.15) is 10.4 Å². The van der Waals surface area contributed by atoms with Crippen LogP contribution in [0.5, 0.6) is 5.75 Å². The van der Waals surface area contributed by atoms with Gasteiger partial charge in [-0.3, -0.25) is 14.9 Å². The molecule has 1 aromatic carbocycles. The summed E-state index contributed by atoms with van der Waals surface area (Å²) in [5.41, 5.74) is -1.62. The van der Waals surface area contributed by atoms with Gasteiger partial charge in [-0.1, -0.05) is 0 Å². The van der Waals surface area contributed by atoms with E-state index in [0.717, 1.165) is 0 Å². The largest absolute Gasteiger partial charge is 0.502 e. The molecule has 0 bridgehead atoms. The summed E-state index contributed by atoms with van der Waals surface area (Å²) in [4.78, 5) is 20.0. The minimum Gasteiger partial charge on any atom is -0.502 e. The van der Waals surface area contributed by atoms with Gasteiger partial charge < -0.3 is 5.11 Å². The predicted octanol–water partition coefficient (Wildman–Crippen LogP) is 2.05. The Labute approximate surface area is 86.3 Å². The van der Waals surface area contributed by atoms with Crippen LogP contribution in [-0.2, 0) is 0 Å². The van der Waals surface area contributed by atoms with Crippen molar-refractivity contribution in [2.24, 2.45) is 0 Å². The fraction of sp³-hybridized carbons (Fsp3) is 0.125. The van der Waals surface area contributed by atoms with Crippen molar-refractivity contribution in [3.05, 3.63) is 33.9 Å². The molecule has 0 heterocycles. The Morgan fingerprint density at radius 2 is 1.94 bits per heavy atom. The standard InChI is InChI=1S/C8H4F3NO4/c9-8(10,11)7(14)4-1-2-5(12(15)16)6(13)3-4/h1-3,13H. The van der Waals surface area contributed by atoms with Crippen molar-refractivity contribution in [3.8, 4) is 5.75 Å². The lowest BCUT2D eigenvalue weighted by Crippen LogP contribution is -2.22. The van der Waals surface area contributed by atoms with Gasteiger partial charge in [0.2, 0.25) is 0 Å². The van der Waals surface area contributed by atoms with E-state index < -0.39 is 33.9 Å². The number of carbonyl (C=O) groups excluding carboxylic acids is 1. The van der Waals surface area contributed by atoms with Gasteiger partial charge in [0.25, 0.3) is 5.78 Å². The molecule has 0 atom stereocenters. The molecule has 5 nitrogen and oxygen atoms in total. The highest BCUT2D eigenvalue weighted by Gasteiger charge is 2.39. The van der Waals surface area contributed by atoms with Crippen molar-refractivity contribution >= 4 is 11.5 Å². The zero-order chi connectivity index (χ0) is 12.5. The second-order valence-corrected chi connectivity index (χ2v) is 2.79. The minimum atomic E-state index is -5.08. The highest BCUT2D eigenvalue weighted by atomic mass is 19.4. The fourth-order valence-corrected chi connectivity index (χ4v) is 0.983. The number of hydrogen-bond donors (Lipinski definition) is 1. The lowest BCUT2D eigenvalue weighted by atomic mass is 10.1. The van der Waals surface area contributed by atoms with Crippen molar-refractivity contribution in [1.82, 2.24) is 0 Å². The first-order chi connectivity index (χ1) is 7.23. The Kier molecular flexibility index (Phi) is 2.84. The molecule has 8 heteroatoms. The van der Waals surface area contributed by atoms with Gasteiger partial charge in [0.15, 0.2) is 5.75 Å². The van der Waals surface area contributed by atoms with Crippen LogP contribution in [0.25, 0.3) is 0 Å². The summed E-state index contributed by atoms with van der Waals surface area (Å²) in [6, 6.07) is 1.68. The summed E-state index contributed by atoms with van der Waals surface area (Å²) >= 11 is 0. The molecule has 0 fully saturated rings. The third kappa shape index (κ3) is 2.27. The maximum Gasteiger partial charge on any atom is 0.454 e. The first-order valence-corrected chi connectivity index (χ1v) is 3.82. The molecule has 0 radical (unpaired) electrons. The molecule has 0 spiro atoms. The van der Waals surface area contributed by atoms with Crippen molar-refractivity contribution < 1.29 is 28.0 Å². The highest BCUT2D eigenvalue weighted by Crippen LogP contribution is 2.29. The minimum absolute atomic E-state index is 0.411. The van der Waals surface area contributed by atoms with Gasteiger partial charge in [-0.2, -0.15) is 13.2 Å². The zero-order valence-corrected chi connectivity index (χ0v) is 7.49. The van der Waals surface area contributed by atoms with Gasteiger partial charge in [0.1, 0.15) is 0 Å². The second kappa shape index (κ2) is 3.80. The molecule has 1 rings (SSSR count). The van der Waals surface area contributed by atoms with Crippen molar-refractivity contribution in [3.63, 3.8) is 0 Å². The second-order valence-electron chi connectivity index (χ2n) is 2.79. The number of nitrogens with zero attached hydrogens (tertiary/aromatic N) is 1. The Hall–Kier alpha value is -2.12. The number of ketones is 1. The average Bonchev–Trinajstić information content (AvgIpc) is 2.14. The number of phenols is 1. The van der Waals surface area contributed by atoms with Gasteiger partial charge >= 0.3 is 11.9 Å². The number of nitro groups is 1. The van der Waals surface area contributed by atoms with E-state index in [1.165, 1.54) is 0 Å². The van der Waals surface area contributed by atoms with E-state index in [1.807, 2.05) is 0 Å². The number of rotatable bonds is 2. The first kappa shape index (κ1) is 12.0. The lowest BCUT2D eigenvalue weighted by molar-refractivity contribution is -0.385. The SMILES string of the molecule is O=C(c1ccc([N+](=O)[O-])c(O)c1)C(F)(F)F. The quantitative estimate of drug-likeness (QED) is 0.483. The molecular weight excluding hydrogens is 231 g/mol. The van der Waals surface area contributed by atoms with E-state index in [2.05, 4.69) is 0 Å². The number of Topliss-reactive ketones (excluding diaryl/α,β-unsaturated/α-hetero) is 1. The number of phenolic OH excluding ortho intramolecular Hbond substituents is 1. The average molecular weight is 235 g/mol. The summed E-state index contributed by atoms with van der Waals surface area (Å²) in [5.74, 6) is -3.15. The molecule has 86 valence electrons. The molecule has 0 aliphatic heterocycles. The number of halogens is 3. The van der Waals surface area contributed by atoms with E-state index in [9.17, 15) is 28.1 Å². The van der Waals surface area contributed by atoms with Gasteiger partial charge in [-0.25, -0.2) is 0 Å². The van der Waals surface area contributed by atoms with E-state index in [-0.39, 0.29) is 0 Å². The third-order valence-corrected chi connectivity index (χ3v) is 1.69. The van der Waals surface area contributed by atoms with Crippen molar-refractivity contribution in [2.75, 3.05) is 0 Å². The molecule has 1 aromatic rings. The fourth-order valence-electron chi connectivity index (χ4n) is 0.983. The highest BCUT2D eigenvalue weighted by molar-refractivity contribution is 6.00. The maximum absolute atomic E-state index is 12.0. The van der Waals surface area contributed by atoms with Crippen LogP contribution < -0.4 is 0 Å². The molecule has 16 heavy (non-hydrogen) atoms. The molecule has 0 saturated carbocycles. The van der Waals surface area contributed by atoms with Gasteiger partial charge in [-0.15, -0.1) is 0 Å². The third-order valence-electron chi connectivity index (χ3n) is 1.69. The number of carbonyl (C=O) groups is 1. The molecule has 0 saturated heterocycles. The Balaban J connectivity index is 3.17. The number of aromatic hydroxyl groups is 1. The molecule has 0 amide bonds. The van der Waals surface area contributed by atoms with E-state index in [0.29, 0.717) is 18.2 Å². The zero-order valence-electron chi connectivity index (χ0n) is 7.49. The summed E-state index contributed by atoms with van der Waals surface area (Å²) in [7, 11) is 0. The number of hydrogen-bond acceptors (Lipinski definition) is 4. The summed E-state index contributed by atoms with van der Waals surface area (Å²) in [5, 5.41) is 19.3. The van der Waals surface area contributed by atoms with Crippen LogP contribution in [0.4, 0.5) is 18.9 Å². The molecular formula is C8H4F3NO4. The molecule has 0 aliphatic carbocycles. The Bertz CT molecular complexity index is 455. The predicted molar refractivity (Wildman–Crippen MR) is 45.1 cm³/mol. The number of nitro benzene ring substituents is 1. The summed E-state index contributed by atoms with van der Waals surface area (Å²) in [6.45, 7) is 0. The van der Waals surface area contributed by atoms with E-state index in [1.54, 1.807) is 0 Å².